The first-order valence-electron chi connectivity index (χ1n) is 4.82. The molecule has 0 atom stereocenters. The Morgan fingerprint density at radius 3 is 2.87 bits per heavy atom. The zero-order valence-corrected chi connectivity index (χ0v) is 8.97. The standard InChI is InChI=1S/C11H16N2O2/c1-8(2)15-7-9-4-3-5-10(6-9)11(12)13-14/h3-6,8,14H,7H2,1-2H3,(H2,12,13). The van der Waals surface area contributed by atoms with E-state index in [9.17, 15) is 0 Å². The maximum atomic E-state index is 8.53. The van der Waals surface area contributed by atoms with Crippen LogP contribution in [0.4, 0.5) is 0 Å². The third-order valence-electron chi connectivity index (χ3n) is 1.91. The van der Waals surface area contributed by atoms with Gasteiger partial charge in [-0.1, -0.05) is 23.4 Å². The minimum absolute atomic E-state index is 0.112. The molecular formula is C11H16N2O2. The van der Waals surface area contributed by atoms with Gasteiger partial charge in [0.1, 0.15) is 0 Å². The summed E-state index contributed by atoms with van der Waals surface area (Å²) in [7, 11) is 0. The number of benzene rings is 1. The van der Waals surface area contributed by atoms with Gasteiger partial charge in [0.2, 0.25) is 0 Å². The molecule has 0 aliphatic rings. The molecule has 0 aliphatic heterocycles. The van der Waals surface area contributed by atoms with E-state index in [1.807, 2.05) is 32.0 Å². The van der Waals surface area contributed by atoms with Gasteiger partial charge in [-0.15, -0.1) is 0 Å². The molecule has 0 spiro atoms. The van der Waals surface area contributed by atoms with Gasteiger partial charge in [0.05, 0.1) is 12.7 Å². The van der Waals surface area contributed by atoms with Crippen molar-refractivity contribution in [2.75, 3.05) is 0 Å². The van der Waals surface area contributed by atoms with E-state index in [0.29, 0.717) is 12.2 Å². The number of amidine groups is 1. The Morgan fingerprint density at radius 1 is 1.53 bits per heavy atom. The summed E-state index contributed by atoms with van der Waals surface area (Å²) in [5, 5.41) is 11.5. The van der Waals surface area contributed by atoms with E-state index < -0.39 is 0 Å². The summed E-state index contributed by atoms with van der Waals surface area (Å²) in [6.07, 6.45) is 0.192. The Morgan fingerprint density at radius 2 is 2.27 bits per heavy atom. The quantitative estimate of drug-likeness (QED) is 0.342. The van der Waals surface area contributed by atoms with Gasteiger partial charge in [-0.25, -0.2) is 0 Å². The molecule has 0 heterocycles. The van der Waals surface area contributed by atoms with Crippen LogP contribution in [-0.4, -0.2) is 17.1 Å². The fourth-order valence-corrected chi connectivity index (χ4v) is 1.14. The van der Waals surface area contributed by atoms with Crippen LogP contribution in [0.1, 0.15) is 25.0 Å². The number of ether oxygens (including phenoxy) is 1. The predicted octanol–water partition coefficient (Wildman–Crippen LogP) is 1.71. The fourth-order valence-electron chi connectivity index (χ4n) is 1.14. The Bertz CT molecular complexity index is 348. The fraction of sp³-hybridized carbons (Fsp3) is 0.364. The zero-order chi connectivity index (χ0) is 11.3. The smallest absolute Gasteiger partial charge is 0.170 e. The molecule has 1 aromatic carbocycles. The van der Waals surface area contributed by atoms with Crippen molar-refractivity contribution in [2.45, 2.75) is 26.6 Å². The van der Waals surface area contributed by atoms with Gasteiger partial charge < -0.3 is 15.7 Å². The maximum Gasteiger partial charge on any atom is 0.170 e. The third kappa shape index (κ3) is 3.59. The van der Waals surface area contributed by atoms with Gasteiger partial charge in [-0.05, 0) is 25.5 Å². The minimum atomic E-state index is 0.112. The van der Waals surface area contributed by atoms with Gasteiger partial charge in [-0.2, -0.15) is 0 Å². The average molecular weight is 208 g/mol. The van der Waals surface area contributed by atoms with Crippen molar-refractivity contribution >= 4 is 5.84 Å². The van der Waals surface area contributed by atoms with E-state index in [1.54, 1.807) is 6.07 Å². The van der Waals surface area contributed by atoms with Crippen LogP contribution in [0.3, 0.4) is 0 Å². The lowest BCUT2D eigenvalue weighted by atomic mass is 10.1. The highest BCUT2D eigenvalue weighted by Gasteiger charge is 2.01. The molecule has 0 radical (unpaired) electrons. The van der Waals surface area contributed by atoms with Crippen LogP contribution >= 0.6 is 0 Å². The summed E-state index contributed by atoms with van der Waals surface area (Å²) in [4.78, 5) is 0. The lowest BCUT2D eigenvalue weighted by molar-refractivity contribution is 0.0657. The molecule has 0 unspecified atom stereocenters. The van der Waals surface area contributed by atoms with Gasteiger partial charge in [-0.3, -0.25) is 0 Å². The largest absolute Gasteiger partial charge is 0.409 e. The van der Waals surface area contributed by atoms with Crippen LogP contribution in [0.15, 0.2) is 29.4 Å². The highest BCUT2D eigenvalue weighted by atomic mass is 16.5. The molecule has 0 saturated carbocycles. The molecule has 4 heteroatoms. The summed E-state index contributed by atoms with van der Waals surface area (Å²) in [5.41, 5.74) is 7.18. The Balaban J connectivity index is 2.74. The molecule has 3 N–H and O–H groups in total. The van der Waals surface area contributed by atoms with Gasteiger partial charge >= 0.3 is 0 Å². The van der Waals surface area contributed by atoms with Gasteiger partial charge in [0.25, 0.3) is 0 Å². The van der Waals surface area contributed by atoms with Crippen molar-refractivity contribution in [3.05, 3.63) is 35.4 Å². The first kappa shape index (κ1) is 11.5. The number of hydrogen-bond donors (Lipinski definition) is 2. The summed E-state index contributed by atoms with van der Waals surface area (Å²) in [6, 6.07) is 7.42. The van der Waals surface area contributed by atoms with Crippen LogP contribution in [0, 0.1) is 0 Å². The normalized spacial score (nSPS) is 12.1. The Hall–Kier alpha value is -1.55. The van der Waals surface area contributed by atoms with Crippen LogP contribution in [0.5, 0.6) is 0 Å². The number of rotatable bonds is 4. The lowest BCUT2D eigenvalue weighted by Crippen LogP contribution is -2.13. The van der Waals surface area contributed by atoms with Crippen LogP contribution in [0.2, 0.25) is 0 Å². The Kier molecular flexibility index (Phi) is 4.12. The molecule has 0 fully saturated rings. The molecule has 15 heavy (non-hydrogen) atoms. The van der Waals surface area contributed by atoms with Crippen molar-refractivity contribution in [3.63, 3.8) is 0 Å². The molecule has 0 aromatic heterocycles. The minimum Gasteiger partial charge on any atom is -0.409 e. The van der Waals surface area contributed by atoms with Crippen molar-refractivity contribution in [1.29, 1.82) is 0 Å². The Labute approximate surface area is 89.4 Å². The molecule has 82 valence electrons. The number of nitrogens with two attached hydrogens (primary N) is 1. The summed E-state index contributed by atoms with van der Waals surface area (Å²) >= 11 is 0. The van der Waals surface area contributed by atoms with E-state index in [4.69, 9.17) is 15.7 Å². The molecule has 1 aromatic rings. The van der Waals surface area contributed by atoms with Gasteiger partial charge in [0.15, 0.2) is 5.84 Å². The van der Waals surface area contributed by atoms with Crippen LogP contribution in [0.25, 0.3) is 0 Å². The summed E-state index contributed by atoms with van der Waals surface area (Å²) < 4.78 is 5.45. The maximum absolute atomic E-state index is 8.53. The van der Waals surface area contributed by atoms with Gasteiger partial charge in [0, 0.05) is 5.56 Å². The summed E-state index contributed by atoms with van der Waals surface area (Å²) in [5.74, 6) is 0.112. The second kappa shape index (κ2) is 5.36. The third-order valence-corrected chi connectivity index (χ3v) is 1.91. The van der Waals surface area contributed by atoms with Crippen molar-refractivity contribution < 1.29 is 9.94 Å². The van der Waals surface area contributed by atoms with E-state index in [1.165, 1.54) is 0 Å². The van der Waals surface area contributed by atoms with Crippen LogP contribution < -0.4 is 5.73 Å². The number of oxime groups is 1. The first-order valence-corrected chi connectivity index (χ1v) is 4.82. The molecular weight excluding hydrogens is 192 g/mol. The molecule has 0 amide bonds. The summed E-state index contributed by atoms with van der Waals surface area (Å²) in [6.45, 7) is 4.49. The van der Waals surface area contributed by atoms with Crippen LogP contribution in [-0.2, 0) is 11.3 Å². The van der Waals surface area contributed by atoms with Crippen molar-refractivity contribution in [2.24, 2.45) is 10.9 Å². The van der Waals surface area contributed by atoms with E-state index in [-0.39, 0.29) is 11.9 Å². The molecule has 1 rings (SSSR count). The lowest BCUT2D eigenvalue weighted by Gasteiger charge is -2.08. The second-order valence-electron chi connectivity index (χ2n) is 3.55. The topological polar surface area (TPSA) is 67.8 Å². The number of hydrogen-bond acceptors (Lipinski definition) is 3. The highest BCUT2D eigenvalue weighted by molar-refractivity contribution is 5.97. The highest BCUT2D eigenvalue weighted by Crippen LogP contribution is 2.07. The zero-order valence-electron chi connectivity index (χ0n) is 8.97. The monoisotopic (exact) mass is 208 g/mol. The van der Waals surface area contributed by atoms with E-state index in [0.717, 1.165) is 5.56 Å². The average Bonchev–Trinajstić information content (AvgIpc) is 2.25. The number of nitrogens with zero attached hydrogens (tertiary/aromatic N) is 1. The molecule has 0 aliphatic carbocycles. The van der Waals surface area contributed by atoms with E-state index >= 15 is 0 Å². The predicted molar refractivity (Wildman–Crippen MR) is 58.9 cm³/mol. The molecule has 4 nitrogen and oxygen atoms in total. The molecule has 0 bridgehead atoms. The van der Waals surface area contributed by atoms with E-state index in [2.05, 4.69) is 5.16 Å². The van der Waals surface area contributed by atoms with Crippen molar-refractivity contribution in [1.82, 2.24) is 0 Å². The molecule has 0 saturated heterocycles. The van der Waals surface area contributed by atoms with Crippen molar-refractivity contribution in [3.8, 4) is 0 Å². The SMILES string of the molecule is CC(C)OCc1cccc(/C(N)=N/O)c1. The second-order valence-corrected chi connectivity index (χ2v) is 3.55. The first-order chi connectivity index (χ1) is 7.13.